The SMILES string of the molecule is N[C@@H]1C(=O)N(S(=O)(=O)O)[C@@H]1SCC(=O)O. The molecule has 0 aromatic rings. The first-order valence-electron chi connectivity index (χ1n) is 3.65. The van der Waals surface area contributed by atoms with E-state index in [9.17, 15) is 18.0 Å². The Bertz CT molecular complexity index is 392. The second-order valence-electron chi connectivity index (χ2n) is 2.73. The fraction of sp³-hybridized carbons (Fsp3) is 0.600. The maximum absolute atomic E-state index is 11.0. The minimum absolute atomic E-state index is 0.172. The lowest BCUT2D eigenvalue weighted by Gasteiger charge is -2.41. The van der Waals surface area contributed by atoms with Crippen molar-refractivity contribution in [3.63, 3.8) is 0 Å². The zero-order chi connectivity index (χ0) is 11.8. The number of amides is 1. The van der Waals surface area contributed by atoms with Gasteiger partial charge in [-0.15, -0.1) is 11.8 Å². The summed E-state index contributed by atoms with van der Waals surface area (Å²) in [6, 6.07) is -1.10. The summed E-state index contributed by atoms with van der Waals surface area (Å²) in [4.78, 5) is 21.2. The highest BCUT2D eigenvalue weighted by Crippen LogP contribution is 2.30. The number of nitrogens with two attached hydrogens (primary N) is 1. The van der Waals surface area contributed by atoms with Gasteiger partial charge in [0.05, 0.1) is 5.75 Å². The molecule has 0 radical (unpaired) electrons. The quantitative estimate of drug-likeness (QED) is 0.391. The molecule has 1 amide bonds. The summed E-state index contributed by atoms with van der Waals surface area (Å²) in [7, 11) is -4.66. The average molecular weight is 256 g/mol. The molecule has 0 spiro atoms. The van der Waals surface area contributed by atoms with E-state index in [1.54, 1.807) is 0 Å². The van der Waals surface area contributed by atoms with E-state index >= 15 is 0 Å². The number of carbonyl (C=O) groups excluding carboxylic acids is 1. The van der Waals surface area contributed by atoms with Crippen LogP contribution >= 0.6 is 11.8 Å². The zero-order valence-electron chi connectivity index (χ0n) is 7.23. The molecule has 0 unspecified atom stereocenters. The first-order chi connectivity index (χ1) is 6.75. The van der Waals surface area contributed by atoms with E-state index in [1.807, 2.05) is 0 Å². The third kappa shape index (κ3) is 2.40. The van der Waals surface area contributed by atoms with Crippen LogP contribution < -0.4 is 5.73 Å². The van der Waals surface area contributed by atoms with Crippen molar-refractivity contribution in [1.29, 1.82) is 0 Å². The molecule has 1 heterocycles. The Labute approximate surface area is 89.3 Å². The number of β-lactam (4-membered cyclic amide) rings is 1. The topological polar surface area (TPSA) is 138 Å². The predicted molar refractivity (Wildman–Crippen MR) is 50.3 cm³/mol. The molecule has 0 aromatic heterocycles. The highest BCUT2D eigenvalue weighted by atomic mass is 32.2. The average Bonchev–Trinajstić information content (AvgIpc) is 2.07. The van der Waals surface area contributed by atoms with Crippen molar-refractivity contribution in [2.45, 2.75) is 11.4 Å². The number of carboxylic acids is 1. The number of rotatable bonds is 4. The fourth-order valence-corrected chi connectivity index (χ4v) is 3.16. The van der Waals surface area contributed by atoms with Crippen molar-refractivity contribution in [2.24, 2.45) is 5.73 Å². The number of thioether (sulfide) groups is 1. The van der Waals surface area contributed by atoms with E-state index < -0.39 is 39.3 Å². The summed E-state index contributed by atoms with van der Waals surface area (Å²) in [6.45, 7) is 0. The van der Waals surface area contributed by atoms with Crippen LogP contribution in [0.2, 0.25) is 0 Å². The van der Waals surface area contributed by atoms with Gasteiger partial charge < -0.3 is 10.8 Å². The van der Waals surface area contributed by atoms with Crippen molar-refractivity contribution in [2.75, 3.05) is 5.75 Å². The summed E-state index contributed by atoms with van der Waals surface area (Å²) < 4.78 is 30.1. The minimum atomic E-state index is -4.66. The third-order valence-electron chi connectivity index (χ3n) is 1.67. The molecule has 1 aliphatic heterocycles. The second-order valence-corrected chi connectivity index (χ2v) is 5.13. The van der Waals surface area contributed by atoms with Gasteiger partial charge in [-0.3, -0.25) is 14.1 Å². The van der Waals surface area contributed by atoms with Crippen LogP contribution in [0.1, 0.15) is 0 Å². The molecule has 0 aromatic carbocycles. The van der Waals surface area contributed by atoms with E-state index in [0.29, 0.717) is 11.8 Å². The lowest BCUT2D eigenvalue weighted by molar-refractivity contribution is -0.137. The number of carboxylic acid groups (broad SMARTS) is 1. The number of hydrogen-bond acceptors (Lipinski definition) is 6. The Morgan fingerprint density at radius 2 is 2.13 bits per heavy atom. The van der Waals surface area contributed by atoms with Gasteiger partial charge in [0.2, 0.25) is 0 Å². The van der Waals surface area contributed by atoms with Gasteiger partial charge in [0, 0.05) is 0 Å². The van der Waals surface area contributed by atoms with Crippen LogP contribution in [0.4, 0.5) is 0 Å². The van der Waals surface area contributed by atoms with Crippen molar-refractivity contribution in [3.05, 3.63) is 0 Å². The Balaban J connectivity index is 2.72. The molecule has 1 aliphatic rings. The zero-order valence-corrected chi connectivity index (χ0v) is 8.86. The van der Waals surface area contributed by atoms with Crippen molar-refractivity contribution in [1.82, 2.24) is 4.31 Å². The van der Waals surface area contributed by atoms with E-state index in [1.165, 1.54) is 0 Å². The van der Waals surface area contributed by atoms with Crippen molar-refractivity contribution >= 4 is 33.9 Å². The van der Waals surface area contributed by atoms with Crippen LogP contribution in [-0.2, 0) is 19.9 Å². The molecular weight excluding hydrogens is 248 g/mol. The summed E-state index contributed by atoms with van der Waals surface area (Å²) in [5, 5.41) is 7.29. The Morgan fingerprint density at radius 1 is 1.60 bits per heavy atom. The lowest BCUT2D eigenvalue weighted by atomic mass is 10.2. The van der Waals surface area contributed by atoms with Gasteiger partial charge in [0.1, 0.15) is 11.4 Å². The van der Waals surface area contributed by atoms with E-state index in [2.05, 4.69) is 0 Å². The second kappa shape index (κ2) is 3.96. The number of carbonyl (C=O) groups is 2. The molecular formula is C5H8N2O6S2. The normalized spacial score (nSPS) is 26.3. The third-order valence-corrected chi connectivity index (χ3v) is 3.96. The molecule has 15 heavy (non-hydrogen) atoms. The Kier molecular flexibility index (Phi) is 3.23. The monoisotopic (exact) mass is 256 g/mol. The summed E-state index contributed by atoms with van der Waals surface area (Å²) >= 11 is 0.660. The Hall–Kier alpha value is -0.840. The maximum Gasteiger partial charge on any atom is 0.363 e. The van der Waals surface area contributed by atoms with Crippen LogP contribution in [0.15, 0.2) is 0 Å². The Morgan fingerprint density at radius 3 is 2.53 bits per heavy atom. The first kappa shape index (κ1) is 12.2. The van der Waals surface area contributed by atoms with Crippen LogP contribution in [0, 0.1) is 0 Å². The molecule has 8 nitrogen and oxygen atoms in total. The van der Waals surface area contributed by atoms with Gasteiger partial charge in [0.15, 0.2) is 0 Å². The largest absolute Gasteiger partial charge is 0.481 e. The minimum Gasteiger partial charge on any atom is -0.481 e. The van der Waals surface area contributed by atoms with Gasteiger partial charge in [-0.1, -0.05) is 0 Å². The number of nitrogens with zero attached hydrogens (tertiary/aromatic N) is 1. The molecule has 1 fully saturated rings. The van der Waals surface area contributed by atoms with E-state index in [4.69, 9.17) is 15.4 Å². The highest BCUT2D eigenvalue weighted by molar-refractivity contribution is 8.01. The number of hydrogen-bond donors (Lipinski definition) is 3. The van der Waals surface area contributed by atoms with Crippen molar-refractivity contribution in [3.8, 4) is 0 Å². The van der Waals surface area contributed by atoms with Crippen LogP contribution in [0.25, 0.3) is 0 Å². The van der Waals surface area contributed by atoms with Crippen LogP contribution in [0.3, 0.4) is 0 Å². The first-order valence-corrected chi connectivity index (χ1v) is 6.09. The maximum atomic E-state index is 11.0. The van der Waals surface area contributed by atoms with Gasteiger partial charge in [0.25, 0.3) is 5.91 Å². The molecule has 0 aliphatic carbocycles. The molecule has 0 bridgehead atoms. The number of aliphatic carboxylic acids is 1. The molecule has 10 heteroatoms. The molecule has 86 valence electrons. The van der Waals surface area contributed by atoms with Gasteiger partial charge in [-0.05, 0) is 0 Å². The van der Waals surface area contributed by atoms with Gasteiger partial charge in [-0.2, -0.15) is 12.7 Å². The van der Waals surface area contributed by atoms with E-state index in [-0.39, 0.29) is 4.31 Å². The summed E-state index contributed by atoms with van der Waals surface area (Å²) in [5.74, 6) is -2.51. The highest BCUT2D eigenvalue weighted by Gasteiger charge is 2.51. The van der Waals surface area contributed by atoms with Gasteiger partial charge in [-0.25, -0.2) is 0 Å². The van der Waals surface area contributed by atoms with Crippen LogP contribution in [0.5, 0.6) is 0 Å². The lowest BCUT2D eigenvalue weighted by Crippen LogP contribution is -2.68. The van der Waals surface area contributed by atoms with Gasteiger partial charge >= 0.3 is 16.3 Å². The van der Waals surface area contributed by atoms with E-state index in [0.717, 1.165) is 0 Å². The predicted octanol–water partition coefficient (Wildman–Crippen LogP) is -1.90. The molecule has 1 saturated heterocycles. The molecule has 2 atom stereocenters. The fourth-order valence-electron chi connectivity index (χ4n) is 1.03. The standard InChI is InChI=1S/C5H8N2O6S2/c6-3-4(10)7(15(11,12)13)5(3)14-1-2(8)9/h3,5H,1,6H2,(H,8,9)(H,11,12,13)/t3-,5-/m1/s1. The molecule has 4 N–H and O–H groups in total. The van der Waals surface area contributed by atoms with Crippen molar-refractivity contribution < 1.29 is 27.7 Å². The smallest absolute Gasteiger partial charge is 0.363 e. The summed E-state index contributed by atoms with van der Waals surface area (Å²) in [6.07, 6.45) is 0. The molecule has 1 rings (SSSR count). The van der Waals surface area contributed by atoms with Crippen LogP contribution in [-0.4, -0.2) is 51.4 Å². The molecule has 0 saturated carbocycles. The summed E-state index contributed by atoms with van der Waals surface area (Å²) in [5.41, 5.74) is 5.26.